The smallest absolute Gasteiger partial charge is 0.270 e. The van der Waals surface area contributed by atoms with E-state index in [1.807, 2.05) is 13.0 Å². The monoisotopic (exact) mass is 303 g/mol. The van der Waals surface area contributed by atoms with Crippen molar-refractivity contribution >= 4 is 17.0 Å². The fourth-order valence-electron chi connectivity index (χ4n) is 2.86. The first-order valence-electron chi connectivity index (χ1n) is 7.01. The molecule has 0 bridgehead atoms. The highest BCUT2D eigenvalue weighted by atomic mass is 32.1. The minimum Gasteiger partial charge on any atom is -0.319 e. The second-order valence-electron chi connectivity index (χ2n) is 5.59. The molecule has 1 aliphatic rings. The Balaban J connectivity index is 2.02. The van der Waals surface area contributed by atoms with E-state index in [1.54, 1.807) is 23.5 Å². The van der Waals surface area contributed by atoms with Crippen LogP contribution in [0.4, 0.5) is 5.69 Å². The summed E-state index contributed by atoms with van der Waals surface area (Å²) in [5.74, 6) is 0. The van der Waals surface area contributed by atoms with Gasteiger partial charge < -0.3 is 5.73 Å². The van der Waals surface area contributed by atoms with Crippen molar-refractivity contribution in [3.63, 3.8) is 0 Å². The first kappa shape index (κ1) is 14.2. The van der Waals surface area contributed by atoms with E-state index in [4.69, 9.17) is 10.7 Å². The molecule has 0 radical (unpaired) electrons. The fraction of sp³-hybridized carbons (Fsp3) is 0.400. The number of nitrogens with zero attached hydrogens (tertiary/aromatic N) is 2. The molecule has 1 aromatic carbocycles. The Hall–Kier alpha value is -1.79. The summed E-state index contributed by atoms with van der Waals surface area (Å²) in [6.45, 7) is 1.99. The summed E-state index contributed by atoms with van der Waals surface area (Å²) in [6, 6.07) is 6.62. The zero-order chi connectivity index (χ0) is 15.0. The third-order valence-corrected chi connectivity index (χ3v) is 5.24. The number of nitrogens with two attached hydrogens (primary N) is 1. The lowest BCUT2D eigenvalue weighted by atomic mass is 10.0. The van der Waals surface area contributed by atoms with Crippen LogP contribution in [0.3, 0.4) is 0 Å². The van der Waals surface area contributed by atoms with Crippen LogP contribution in [0.5, 0.6) is 0 Å². The van der Waals surface area contributed by atoms with Crippen LogP contribution in [0.2, 0.25) is 0 Å². The molecule has 2 aromatic rings. The predicted molar refractivity (Wildman–Crippen MR) is 83.3 cm³/mol. The Morgan fingerprint density at radius 3 is 2.76 bits per heavy atom. The molecule has 1 heterocycles. The van der Waals surface area contributed by atoms with E-state index in [0.717, 1.165) is 46.8 Å². The van der Waals surface area contributed by atoms with Crippen molar-refractivity contribution in [1.29, 1.82) is 0 Å². The third-order valence-electron chi connectivity index (χ3n) is 4.05. The Kier molecular flexibility index (Phi) is 3.51. The molecule has 0 saturated heterocycles. The molecule has 110 valence electrons. The van der Waals surface area contributed by atoms with Crippen molar-refractivity contribution in [2.45, 2.75) is 38.1 Å². The molecule has 21 heavy (non-hydrogen) atoms. The standard InChI is InChI=1S/C15H17N3O2S/c1-10-13(11-5-4-6-12(9-11)18(19)20)17-14(21-10)15(16)7-2-3-8-15/h4-6,9H,2-3,7-8,16H2,1H3. The molecular formula is C15H17N3O2S. The van der Waals surface area contributed by atoms with Crippen LogP contribution in [0.25, 0.3) is 11.3 Å². The number of non-ortho nitro benzene ring substituents is 1. The van der Waals surface area contributed by atoms with Gasteiger partial charge in [-0.25, -0.2) is 4.98 Å². The molecule has 0 aliphatic heterocycles. The van der Waals surface area contributed by atoms with E-state index in [9.17, 15) is 10.1 Å². The summed E-state index contributed by atoms with van der Waals surface area (Å²) < 4.78 is 0. The first-order valence-corrected chi connectivity index (χ1v) is 7.83. The van der Waals surface area contributed by atoms with E-state index >= 15 is 0 Å². The molecule has 1 aliphatic carbocycles. The number of hydrogen-bond donors (Lipinski definition) is 1. The topological polar surface area (TPSA) is 82.0 Å². The van der Waals surface area contributed by atoms with Gasteiger partial charge in [-0.3, -0.25) is 10.1 Å². The highest BCUT2D eigenvalue weighted by molar-refractivity contribution is 7.12. The summed E-state index contributed by atoms with van der Waals surface area (Å²) in [5, 5.41) is 11.9. The minimum atomic E-state index is -0.381. The number of nitro groups is 1. The normalized spacial score (nSPS) is 17.0. The molecule has 0 amide bonds. The number of rotatable bonds is 3. The lowest BCUT2D eigenvalue weighted by Crippen LogP contribution is -2.32. The van der Waals surface area contributed by atoms with E-state index in [2.05, 4.69) is 0 Å². The summed E-state index contributed by atoms with van der Waals surface area (Å²) in [4.78, 5) is 16.3. The number of aromatic nitrogens is 1. The highest BCUT2D eigenvalue weighted by Crippen LogP contribution is 2.41. The fourth-order valence-corrected chi connectivity index (χ4v) is 3.96. The van der Waals surface area contributed by atoms with Gasteiger partial charge in [-0.1, -0.05) is 25.0 Å². The summed E-state index contributed by atoms with van der Waals surface area (Å²) in [6.07, 6.45) is 4.21. The summed E-state index contributed by atoms with van der Waals surface area (Å²) >= 11 is 1.61. The van der Waals surface area contributed by atoms with Gasteiger partial charge in [-0.2, -0.15) is 0 Å². The van der Waals surface area contributed by atoms with Crippen molar-refractivity contribution in [2.24, 2.45) is 5.73 Å². The molecule has 1 saturated carbocycles. The molecule has 0 unspecified atom stereocenters. The molecule has 2 N–H and O–H groups in total. The third kappa shape index (κ3) is 2.56. The quantitative estimate of drug-likeness (QED) is 0.691. The van der Waals surface area contributed by atoms with E-state index in [-0.39, 0.29) is 16.1 Å². The SMILES string of the molecule is Cc1sc(C2(N)CCCC2)nc1-c1cccc([N+](=O)[O-])c1. The van der Waals surface area contributed by atoms with Gasteiger partial charge in [0.25, 0.3) is 5.69 Å². The number of thiazole rings is 1. The maximum absolute atomic E-state index is 10.9. The van der Waals surface area contributed by atoms with E-state index in [0.29, 0.717) is 0 Å². The zero-order valence-electron chi connectivity index (χ0n) is 11.8. The average Bonchev–Trinajstić information content (AvgIpc) is 3.06. The van der Waals surface area contributed by atoms with Crippen LogP contribution in [-0.4, -0.2) is 9.91 Å². The average molecular weight is 303 g/mol. The van der Waals surface area contributed by atoms with Crippen molar-refractivity contribution in [1.82, 2.24) is 4.98 Å². The lowest BCUT2D eigenvalue weighted by Gasteiger charge is -2.19. The van der Waals surface area contributed by atoms with Gasteiger partial charge >= 0.3 is 0 Å². The Bertz CT molecular complexity index is 690. The second-order valence-corrected chi connectivity index (χ2v) is 6.80. The molecule has 6 heteroatoms. The molecular weight excluding hydrogens is 286 g/mol. The molecule has 0 atom stereocenters. The maximum atomic E-state index is 10.9. The molecule has 3 rings (SSSR count). The number of aryl methyl sites for hydroxylation is 1. The van der Waals surface area contributed by atoms with Crippen LogP contribution in [0, 0.1) is 17.0 Å². The van der Waals surface area contributed by atoms with Crippen molar-refractivity contribution in [3.8, 4) is 11.3 Å². The first-order chi connectivity index (χ1) is 9.99. The number of benzene rings is 1. The molecule has 5 nitrogen and oxygen atoms in total. The summed E-state index contributed by atoms with van der Waals surface area (Å²) in [7, 11) is 0. The van der Waals surface area contributed by atoms with Crippen molar-refractivity contribution in [3.05, 3.63) is 44.3 Å². The van der Waals surface area contributed by atoms with Gasteiger partial charge in [-0.15, -0.1) is 11.3 Å². The minimum absolute atomic E-state index is 0.0878. The van der Waals surface area contributed by atoms with Crippen molar-refractivity contribution < 1.29 is 4.92 Å². The van der Waals surface area contributed by atoms with Crippen LogP contribution in [0.15, 0.2) is 24.3 Å². The van der Waals surface area contributed by atoms with Crippen LogP contribution in [0.1, 0.15) is 35.6 Å². The van der Waals surface area contributed by atoms with Gasteiger partial charge in [0.2, 0.25) is 0 Å². The van der Waals surface area contributed by atoms with Gasteiger partial charge in [0.05, 0.1) is 16.2 Å². The van der Waals surface area contributed by atoms with Crippen LogP contribution < -0.4 is 5.73 Å². The maximum Gasteiger partial charge on any atom is 0.270 e. The Morgan fingerprint density at radius 2 is 2.10 bits per heavy atom. The van der Waals surface area contributed by atoms with E-state index < -0.39 is 0 Å². The largest absolute Gasteiger partial charge is 0.319 e. The number of nitro benzene ring substituents is 1. The van der Waals surface area contributed by atoms with E-state index in [1.165, 1.54) is 6.07 Å². The van der Waals surface area contributed by atoms with Crippen molar-refractivity contribution in [2.75, 3.05) is 0 Å². The van der Waals surface area contributed by atoms with Gasteiger partial charge in [-0.05, 0) is 19.8 Å². The molecule has 0 spiro atoms. The molecule has 1 aromatic heterocycles. The predicted octanol–water partition coefficient (Wildman–Crippen LogP) is 3.75. The zero-order valence-corrected chi connectivity index (χ0v) is 12.7. The lowest BCUT2D eigenvalue weighted by molar-refractivity contribution is -0.384. The van der Waals surface area contributed by atoms with Gasteiger partial charge in [0, 0.05) is 22.6 Å². The van der Waals surface area contributed by atoms with Crippen LogP contribution in [-0.2, 0) is 5.54 Å². The highest BCUT2D eigenvalue weighted by Gasteiger charge is 2.34. The van der Waals surface area contributed by atoms with Gasteiger partial charge in [0.1, 0.15) is 5.01 Å². The Morgan fingerprint density at radius 1 is 1.38 bits per heavy atom. The summed E-state index contributed by atoms with van der Waals surface area (Å²) in [5.41, 5.74) is 7.83. The van der Waals surface area contributed by atoms with Gasteiger partial charge in [0.15, 0.2) is 0 Å². The number of hydrogen-bond acceptors (Lipinski definition) is 5. The Labute approximate surface area is 127 Å². The van der Waals surface area contributed by atoms with Crippen LogP contribution >= 0.6 is 11.3 Å². The molecule has 1 fully saturated rings. The second kappa shape index (κ2) is 5.20.